The van der Waals surface area contributed by atoms with Crippen molar-refractivity contribution in [3.05, 3.63) is 0 Å². The van der Waals surface area contributed by atoms with E-state index in [4.69, 9.17) is 44.3 Å². The molecule has 0 unspecified atom stereocenters. The number of hydrogen-bond acceptors (Lipinski definition) is 0. The fourth-order valence-corrected chi connectivity index (χ4v) is 0. The van der Waals surface area contributed by atoms with Crippen molar-refractivity contribution in [2.75, 3.05) is 0 Å². The molecule has 0 spiro atoms. The van der Waals surface area contributed by atoms with Gasteiger partial charge >= 0.3 is 5.31 Å². The summed E-state index contributed by atoms with van der Waals surface area (Å²) in [5.41, 5.74) is 0. The van der Waals surface area contributed by atoms with Crippen molar-refractivity contribution in [3.8, 4) is 0 Å². The molecular formula is Cl4Li2Si. The normalized spacial score (nSPS) is 8.57. The van der Waals surface area contributed by atoms with E-state index in [-0.39, 0.29) is 37.7 Å². The summed E-state index contributed by atoms with van der Waals surface area (Å²) in [4.78, 5) is 0. The van der Waals surface area contributed by atoms with Gasteiger partial charge in [-0.1, -0.05) is 0 Å². The van der Waals surface area contributed by atoms with E-state index < -0.39 is 5.31 Å². The summed E-state index contributed by atoms with van der Waals surface area (Å²) in [5, 5.41) is -2.72. The first-order chi connectivity index (χ1) is 2.00. The van der Waals surface area contributed by atoms with Crippen LogP contribution in [-0.2, 0) is 0 Å². The summed E-state index contributed by atoms with van der Waals surface area (Å²) in [5.74, 6) is 0. The molecule has 0 N–H and O–H groups in total. The molecule has 7 heavy (non-hydrogen) atoms. The van der Waals surface area contributed by atoms with Gasteiger partial charge in [-0.3, -0.25) is 0 Å². The Balaban J connectivity index is -0.0000000800. The summed E-state index contributed by atoms with van der Waals surface area (Å²) < 4.78 is 0. The third kappa shape index (κ3) is 56.0. The summed E-state index contributed by atoms with van der Waals surface area (Å²) in [6, 6.07) is 0. The molecule has 0 bridgehead atoms. The zero-order chi connectivity index (χ0) is 4.50. The zero-order valence-electron chi connectivity index (χ0n) is 4.01. The van der Waals surface area contributed by atoms with E-state index in [9.17, 15) is 0 Å². The van der Waals surface area contributed by atoms with Crippen molar-refractivity contribution in [2.24, 2.45) is 0 Å². The molecule has 0 aromatic heterocycles. The molecule has 2 radical (unpaired) electrons. The standard InChI is InChI=1S/Cl4Si.2Li/c1-5(2,3)4;;. The van der Waals surface area contributed by atoms with Crippen LogP contribution in [0.25, 0.3) is 0 Å². The predicted octanol–water partition coefficient (Wildman–Crippen LogP) is 1.62. The van der Waals surface area contributed by atoms with Crippen molar-refractivity contribution in [3.63, 3.8) is 0 Å². The second-order valence-electron chi connectivity index (χ2n) is 0.429. The van der Waals surface area contributed by atoms with E-state index in [1.54, 1.807) is 0 Å². The van der Waals surface area contributed by atoms with Crippen LogP contribution in [0.2, 0.25) is 0 Å². The average Bonchev–Trinajstić information content (AvgIpc) is 0.722. The maximum absolute atomic E-state index is 4.97. The van der Waals surface area contributed by atoms with E-state index in [1.165, 1.54) is 0 Å². The molecule has 0 rings (SSSR count). The van der Waals surface area contributed by atoms with E-state index >= 15 is 0 Å². The summed E-state index contributed by atoms with van der Waals surface area (Å²) in [7, 11) is 0. The van der Waals surface area contributed by atoms with Gasteiger partial charge in [0.15, 0.2) is 0 Å². The van der Waals surface area contributed by atoms with Gasteiger partial charge in [0.25, 0.3) is 0 Å². The molecule has 0 nitrogen and oxygen atoms in total. The number of rotatable bonds is 0. The third-order valence-electron chi connectivity index (χ3n) is 0. The number of hydrogen-bond donors (Lipinski definition) is 0. The van der Waals surface area contributed by atoms with Gasteiger partial charge in [0, 0.05) is 37.7 Å². The average molecular weight is 184 g/mol. The van der Waals surface area contributed by atoms with Crippen molar-refractivity contribution < 1.29 is 0 Å². The molecule has 7 heteroatoms. The van der Waals surface area contributed by atoms with Crippen LogP contribution in [0.4, 0.5) is 0 Å². The van der Waals surface area contributed by atoms with Gasteiger partial charge in [-0.15, -0.1) is 44.3 Å². The molecule has 0 amide bonds. The SMILES string of the molecule is Cl[Si](Cl)(Cl)Cl.[Li].[Li]. The summed E-state index contributed by atoms with van der Waals surface area (Å²) >= 11 is 19.9. The maximum atomic E-state index is 4.97. The molecule has 0 aliphatic rings. The van der Waals surface area contributed by atoms with Gasteiger partial charge in [-0.2, -0.15) is 0 Å². The fraction of sp³-hybridized carbons (Fsp3) is 0. The van der Waals surface area contributed by atoms with Crippen LogP contribution in [0, 0.1) is 0 Å². The Hall–Kier alpha value is 2.57. The molecule has 0 aromatic rings. The number of halogens is 4. The monoisotopic (exact) mass is 182 g/mol. The van der Waals surface area contributed by atoms with E-state index in [2.05, 4.69) is 0 Å². The van der Waals surface area contributed by atoms with Gasteiger partial charge < -0.3 is 0 Å². The van der Waals surface area contributed by atoms with Crippen molar-refractivity contribution in [1.29, 1.82) is 0 Å². The minimum absolute atomic E-state index is 0. The van der Waals surface area contributed by atoms with Crippen LogP contribution in [0.1, 0.15) is 0 Å². The minimum Gasteiger partial charge on any atom is -0.110 e. The summed E-state index contributed by atoms with van der Waals surface area (Å²) in [6.07, 6.45) is 0. The van der Waals surface area contributed by atoms with Crippen LogP contribution in [0.3, 0.4) is 0 Å². The molecule has 0 aliphatic carbocycles. The molecule has 0 aromatic carbocycles. The van der Waals surface area contributed by atoms with Crippen molar-refractivity contribution in [2.45, 2.75) is 0 Å². The van der Waals surface area contributed by atoms with Gasteiger partial charge in [0.2, 0.25) is 0 Å². The molecule has 0 atom stereocenters. The molecule has 0 aliphatic heterocycles. The zero-order valence-corrected chi connectivity index (χ0v) is 8.04. The second-order valence-corrected chi connectivity index (χ2v) is 11.6. The van der Waals surface area contributed by atoms with Crippen LogP contribution in [0.15, 0.2) is 0 Å². The molecular weight excluding hydrogens is 184 g/mol. The van der Waals surface area contributed by atoms with Gasteiger partial charge in [-0.05, 0) is 0 Å². The Kier molecular flexibility index (Phi) is 15.6. The Morgan fingerprint density at radius 2 is 0.714 bits per heavy atom. The fourth-order valence-electron chi connectivity index (χ4n) is 0. The minimum atomic E-state index is -2.72. The quantitative estimate of drug-likeness (QED) is 0.396. The Labute approximate surface area is 86.4 Å². The first-order valence-corrected chi connectivity index (χ1v) is 6.80. The van der Waals surface area contributed by atoms with Gasteiger partial charge in [0.05, 0.1) is 0 Å². The maximum Gasteiger partial charge on any atom is 0.440 e. The van der Waals surface area contributed by atoms with Crippen LogP contribution < -0.4 is 0 Å². The van der Waals surface area contributed by atoms with E-state index in [0.29, 0.717) is 0 Å². The Morgan fingerprint density at radius 3 is 0.714 bits per heavy atom. The van der Waals surface area contributed by atoms with Crippen molar-refractivity contribution in [1.82, 2.24) is 0 Å². The first kappa shape index (κ1) is 16.3. The van der Waals surface area contributed by atoms with Gasteiger partial charge in [-0.25, -0.2) is 0 Å². The predicted molar refractivity (Wildman–Crippen MR) is 40.7 cm³/mol. The van der Waals surface area contributed by atoms with Crippen LogP contribution >= 0.6 is 44.3 Å². The molecule has 0 saturated heterocycles. The first-order valence-electron chi connectivity index (χ1n) is 0.756. The van der Waals surface area contributed by atoms with Crippen molar-refractivity contribution >= 4 is 87.4 Å². The molecule has 0 fully saturated rings. The van der Waals surface area contributed by atoms with Crippen LogP contribution in [-0.4, -0.2) is 43.0 Å². The van der Waals surface area contributed by atoms with Gasteiger partial charge in [0.1, 0.15) is 0 Å². The summed E-state index contributed by atoms with van der Waals surface area (Å²) in [6.45, 7) is 0. The molecule has 0 saturated carbocycles. The van der Waals surface area contributed by atoms with Crippen LogP contribution in [0.5, 0.6) is 0 Å². The van der Waals surface area contributed by atoms with E-state index in [0.717, 1.165) is 0 Å². The second kappa shape index (κ2) is 6.69. The smallest absolute Gasteiger partial charge is 0.110 e. The molecule has 34 valence electrons. The Morgan fingerprint density at radius 1 is 0.714 bits per heavy atom. The largest absolute Gasteiger partial charge is 0.440 e. The van der Waals surface area contributed by atoms with E-state index in [1.807, 2.05) is 0 Å². The Bertz CT molecular complexity index is 25.2. The topological polar surface area (TPSA) is 0 Å². The third-order valence-corrected chi connectivity index (χ3v) is 0. The molecule has 0 heterocycles.